The summed E-state index contributed by atoms with van der Waals surface area (Å²) in [6.45, 7) is 0. The quantitative estimate of drug-likeness (QED) is 0.339. The maximum absolute atomic E-state index is 4.44. The number of hydrogen-bond donors (Lipinski definition) is 0. The molecule has 5 heavy (non-hydrogen) atoms. The van der Waals surface area contributed by atoms with Crippen molar-refractivity contribution in [1.29, 1.82) is 0 Å². The van der Waals surface area contributed by atoms with Crippen LogP contribution >= 0.6 is 12.2 Å². The Hall–Kier alpha value is 0.620. The van der Waals surface area contributed by atoms with Gasteiger partial charge in [-0.15, -0.1) is 0 Å². The Kier molecular flexibility index (Phi) is 5.19. The molecule has 0 unspecified atom stereocenters. The molecule has 0 N–H and O–H groups in total. The molecule has 0 aromatic heterocycles. The second-order valence-corrected chi connectivity index (χ2v) is 1.51. The molecule has 0 atom stereocenters. The third-order valence-electron chi connectivity index (χ3n) is 0.157. The van der Waals surface area contributed by atoms with Gasteiger partial charge in [0, 0.05) is 0 Å². The molecule has 0 aliphatic rings. The molecule has 0 saturated heterocycles. The summed E-state index contributed by atoms with van der Waals surface area (Å²) in [5, 5.41) is 1.59. The molecular weight excluding hydrogens is 196 g/mol. The molecule has 0 nitrogen and oxygen atoms in total. The summed E-state index contributed by atoms with van der Waals surface area (Å²) >= 11 is 6.32. The Morgan fingerprint density at radius 3 is 2.20 bits per heavy atom. The Labute approximate surface area is 50.2 Å². The van der Waals surface area contributed by atoms with E-state index in [0.29, 0.717) is 0 Å². The molecule has 0 bridgehead atoms. The van der Waals surface area contributed by atoms with Gasteiger partial charge in [0.15, 0.2) is 0 Å². The van der Waals surface area contributed by atoms with Crippen LogP contribution in [0.2, 0.25) is 0 Å². The van der Waals surface area contributed by atoms with Crippen molar-refractivity contribution in [2.24, 2.45) is 0 Å². The van der Waals surface area contributed by atoms with Gasteiger partial charge in [0.1, 0.15) is 0 Å². The van der Waals surface area contributed by atoms with E-state index in [1.165, 1.54) is 0 Å². The Morgan fingerprint density at radius 2 is 2.20 bits per heavy atom. The molecular formula is C3H3STe. The molecule has 0 aromatic carbocycles. The SMILES string of the molecule is S=C/C=C/[Te]. The molecule has 0 aliphatic heterocycles. The van der Waals surface area contributed by atoms with Crippen molar-refractivity contribution >= 4 is 39.9 Å². The van der Waals surface area contributed by atoms with E-state index >= 15 is 0 Å². The van der Waals surface area contributed by atoms with Crippen LogP contribution in [-0.2, 0) is 0 Å². The van der Waals surface area contributed by atoms with Crippen molar-refractivity contribution in [3.63, 3.8) is 0 Å². The normalized spacial score (nSPS) is 8.80. The maximum atomic E-state index is 4.44. The first-order valence-corrected chi connectivity index (χ1v) is 2.95. The Morgan fingerprint density at radius 1 is 1.60 bits per heavy atom. The van der Waals surface area contributed by atoms with E-state index < -0.39 is 0 Å². The molecule has 0 aromatic rings. The number of rotatable bonds is 1. The van der Waals surface area contributed by atoms with Crippen molar-refractivity contribution in [3.05, 3.63) is 10.2 Å². The van der Waals surface area contributed by atoms with Gasteiger partial charge in [-0.05, 0) is 0 Å². The number of hydrogen-bond acceptors (Lipinski definition) is 1. The fraction of sp³-hybridized carbons (Fsp3) is 0. The molecule has 0 fully saturated rings. The van der Waals surface area contributed by atoms with Crippen molar-refractivity contribution in [2.45, 2.75) is 0 Å². The molecule has 2 heteroatoms. The summed E-state index contributed by atoms with van der Waals surface area (Å²) in [6, 6.07) is 0. The second-order valence-electron chi connectivity index (χ2n) is 0.465. The molecule has 1 radical (unpaired) electrons. The Balaban J connectivity index is 2.92. The molecule has 0 rings (SSSR count). The minimum atomic E-state index is 1.59. The topological polar surface area (TPSA) is 0 Å². The van der Waals surface area contributed by atoms with Gasteiger partial charge in [-0.2, -0.15) is 0 Å². The van der Waals surface area contributed by atoms with Crippen LogP contribution in [0.25, 0.3) is 0 Å². The van der Waals surface area contributed by atoms with E-state index in [1.807, 2.05) is 32.5 Å². The van der Waals surface area contributed by atoms with Gasteiger partial charge < -0.3 is 0 Å². The molecule has 0 saturated carbocycles. The molecule has 0 spiro atoms. The van der Waals surface area contributed by atoms with Crippen molar-refractivity contribution in [2.75, 3.05) is 0 Å². The van der Waals surface area contributed by atoms with Crippen LogP contribution in [0.3, 0.4) is 0 Å². The summed E-state index contributed by atoms with van der Waals surface area (Å²) in [5.74, 6) is 0. The summed E-state index contributed by atoms with van der Waals surface area (Å²) in [4.78, 5) is 0. The zero-order valence-electron chi connectivity index (χ0n) is 2.55. The first kappa shape index (κ1) is 5.62. The summed E-state index contributed by atoms with van der Waals surface area (Å²) in [5.41, 5.74) is 0. The van der Waals surface area contributed by atoms with Gasteiger partial charge in [-0.25, -0.2) is 0 Å². The van der Waals surface area contributed by atoms with Gasteiger partial charge >= 0.3 is 50.1 Å². The zero-order chi connectivity index (χ0) is 4.12. The van der Waals surface area contributed by atoms with E-state index in [2.05, 4.69) is 12.2 Å². The predicted octanol–water partition coefficient (Wildman–Crippen LogP) is 0.668. The standard InChI is InChI=1S/C3H3STe/c4-2-1-3-5/h1-3H/b3-1+. The fourth-order valence-electron chi connectivity index (χ4n) is 0.0321. The average Bonchev–Trinajstić information content (AvgIpc) is 1.41. The van der Waals surface area contributed by atoms with Crippen LogP contribution < -0.4 is 0 Å². The Bertz CT molecular complexity index is 48.9. The van der Waals surface area contributed by atoms with Crippen LogP contribution in [0.1, 0.15) is 0 Å². The van der Waals surface area contributed by atoms with Crippen molar-refractivity contribution in [1.82, 2.24) is 0 Å². The van der Waals surface area contributed by atoms with Crippen LogP contribution in [0.15, 0.2) is 10.2 Å². The fourth-order valence-corrected chi connectivity index (χ4v) is 0.645. The van der Waals surface area contributed by atoms with Crippen LogP contribution in [-0.4, -0.2) is 27.7 Å². The third kappa shape index (κ3) is 4.62. The summed E-state index contributed by atoms with van der Waals surface area (Å²) in [7, 11) is 0. The minimum absolute atomic E-state index is 1.59. The molecule has 0 heterocycles. The first-order chi connectivity index (χ1) is 2.41. The van der Waals surface area contributed by atoms with Gasteiger partial charge in [0.2, 0.25) is 0 Å². The van der Waals surface area contributed by atoms with Gasteiger partial charge in [0.25, 0.3) is 0 Å². The molecule has 27 valence electrons. The van der Waals surface area contributed by atoms with Crippen molar-refractivity contribution in [3.8, 4) is 0 Å². The van der Waals surface area contributed by atoms with Crippen LogP contribution in [0.5, 0.6) is 0 Å². The first-order valence-electron chi connectivity index (χ1n) is 1.14. The molecule has 0 aliphatic carbocycles. The van der Waals surface area contributed by atoms with E-state index in [9.17, 15) is 0 Å². The van der Waals surface area contributed by atoms with Crippen LogP contribution in [0.4, 0.5) is 0 Å². The van der Waals surface area contributed by atoms with Gasteiger partial charge in [0.05, 0.1) is 0 Å². The monoisotopic (exact) mass is 201 g/mol. The molecule has 0 amide bonds. The van der Waals surface area contributed by atoms with E-state index in [-0.39, 0.29) is 0 Å². The van der Waals surface area contributed by atoms with Gasteiger partial charge in [-0.1, -0.05) is 0 Å². The predicted molar refractivity (Wildman–Crippen MR) is 28.5 cm³/mol. The van der Waals surface area contributed by atoms with Crippen LogP contribution in [0, 0.1) is 0 Å². The summed E-state index contributed by atoms with van der Waals surface area (Å²) < 4.78 is 1.91. The zero-order valence-corrected chi connectivity index (χ0v) is 5.70. The van der Waals surface area contributed by atoms with Gasteiger partial charge in [-0.3, -0.25) is 0 Å². The van der Waals surface area contributed by atoms with E-state index in [4.69, 9.17) is 0 Å². The van der Waals surface area contributed by atoms with Crippen molar-refractivity contribution < 1.29 is 0 Å². The third-order valence-corrected chi connectivity index (χ3v) is 0.763. The average molecular weight is 199 g/mol. The van der Waals surface area contributed by atoms with E-state index in [1.54, 1.807) is 5.37 Å². The second kappa shape index (κ2) is 4.62. The number of thiocarbonyl (C=S) groups is 1. The number of allylic oxidation sites excluding steroid dienone is 1. The van der Waals surface area contributed by atoms with E-state index in [0.717, 1.165) is 0 Å². The summed E-state index contributed by atoms with van der Waals surface area (Å²) in [6.07, 6.45) is 1.82.